The van der Waals surface area contributed by atoms with Crippen molar-refractivity contribution < 1.29 is 13.6 Å². The summed E-state index contributed by atoms with van der Waals surface area (Å²) < 4.78 is 22.4. The van der Waals surface area contributed by atoms with E-state index in [1.165, 1.54) is 0 Å². The molecule has 9 nitrogen and oxygen atoms in total. The van der Waals surface area contributed by atoms with Crippen molar-refractivity contribution in [1.82, 2.24) is 19.5 Å². The van der Waals surface area contributed by atoms with Gasteiger partial charge < -0.3 is 24.6 Å². The third-order valence-corrected chi connectivity index (χ3v) is 18.6. The molecule has 232 valence electrons. The molecule has 0 spiro atoms. The molecular weight excluding hydrogens is 573 g/mol. The number of fused-ring (bicyclic) bond motifs is 2. The number of anilines is 3. The first-order valence-electron chi connectivity index (χ1n) is 15.2. The molecular formula is C32H48N6O3Si2. The highest BCUT2D eigenvalue weighted by Gasteiger charge is 2.47. The van der Waals surface area contributed by atoms with Gasteiger partial charge in [0.2, 0.25) is 5.95 Å². The van der Waals surface area contributed by atoms with Gasteiger partial charge in [0.25, 0.3) is 0 Å². The molecule has 1 fully saturated rings. The predicted octanol–water partition coefficient (Wildman–Crippen LogP) is 8.01. The summed E-state index contributed by atoms with van der Waals surface area (Å²) in [6.45, 7) is 23.2. The van der Waals surface area contributed by atoms with Crippen LogP contribution in [0.4, 0.5) is 17.5 Å². The molecule has 3 atom stereocenters. The van der Waals surface area contributed by atoms with E-state index < -0.39 is 16.6 Å². The van der Waals surface area contributed by atoms with Gasteiger partial charge >= 0.3 is 0 Å². The van der Waals surface area contributed by atoms with Crippen LogP contribution >= 0.6 is 0 Å². The summed E-state index contributed by atoms with van der Waals surface area (Å²) in [5, 5.41) is 5.86. The van der Waals surface area contributed by atoms with Crippen LogP contribution in [0.3, 0.4) is 0 Å². The average Bonchev–Trinajstić information content (AvgIpc) is 3.50. The molecule has 0 bridgehead atoms. The summed E-state index contributed by atoms with van der Waals surface area (Å²) in [6.07, 6.45) is 1.80. The van der Waals surface area contributed by atoms with Gasteiger partial charge in [0, 0.05) is 17.5 Å². The quantitative estimate of drug-likeness (QED) is 0.191. The van der Waals surface area contributed by atoms with E-state index in [1.807, 2.05) is 28.8 Å². The number of nitrogens with one attached hydrogen (secondary N) is 1. The molecule has 1 aliphatic rings. The molecule has 2 aromatic heterocycles. The van der Waals surface area contributed by atoms with Gasteiger partial charge in [-0.3, -0.25) is 4.57 Å². The van der Waals surface area contributed by atoms with Crippen LogP contribution in [0, 0.1) is 0 Å². The van der Waals surface area contributed by atoms with Crippen molar-refractivity contribution in [3.63, 3.8) is 0 Å². The second-order valence-corrected chi connectivity index (χ2v) is 24.3. The highest BCUT2D eigenvalue weighted by molar-refractivity contribution is 6.74. The summed E-state index contributed by atoms with van der Waals surface area (Å²) in [7, 11) is -4.07. The molecule has 0 saturated carbocycles. The molecule has 0 aliphatic carbocycles. The second kappa shape index (κ2) is 11.3. The maximum atomic E-state index is 6.98. The lowest BCUT2D eigenvalue weighted by atomic mass is 10.1. The van der Waals surface area contributed by atoms with E-state index in [-0.39, 0.29) is 34.5 Å². The topological polar surface area (TPSA) is 109 Å². The molecule has 43 heavy (non-hydrogen) atoms. The van der Waals surface area contributed by atoms with Gasteiger partial charge in [-0.2, -0.15) is 9.97 Å². The summed E-state index contributed by atoms with van der Waals surface area (Å²) >= 11 is 0. The molecule has 2 aromatic carbocycles. The molecule has 4 aromatic rings. The Morgan fingerprint density at radius 3 is 2.33 bits per heavy atom. The maximum Gasteiger partial charge on any atom is 0.224 e. The Morgan fingerprint density at radius 1 is 0.953 bits per heavy atom. The number of ether oxygens (including phenoxy) is 1. The fourth-order valence-corrected chi connectivity index (χ4v) is 7.27. The lowest BCUT2D eigenvalue weighted by Gasteiger charge is -2.40. The Hall–Kier alpha value is -2.84. The van der Waals surface area contributed by atoms with Crippen LogP contribution in [0.15, 0.2) is 48.8 Å². The van der Waals surface area contributed by atoms with E-state index in [4.69, 9.17) is 24.3 Å². The zero-order chi connectivity index (χ0) is 31.4. The van der Waals surface area contributed by atoms with Gasteiger partial charge in [-0.25, -0.2) is 4.98 Å². The summed E-state index contributed by atoms with van der Waals surface area (Å²) in [4.78, 5) is 13.9. The number of imidazole rings is 1. The molecule has 1 saturated heterocycles. The van der Waals surface area contributed by atoms with Crippen LogP contribution in [0.2, 0.25) is 36.3 Å². The van der Waals surface area contributed by atoms with Crippen molar-refractivity contribution in [3.8, 4) is 0 Å². The van der Waals surface area contributed by atoms with Crippen molar-refractivity contribution in [3.05, 3.63) is 48.8 Å². The third-order valence-electron chi connectivity index (χ3n) is 9.64. The Kier molecular flexibility index (Phi) is 8.27. The Labute approximate surface area is 257 Å². The third kappa shape index (κ3) is 6.37. The van der Waals surface area contributed by atoms with Crippen LogP contribution < -0.4 is 11.1 Å². The summed E-state index contributed by atoms with van der Waals surface area (Å²) in [5.74, 6) is 0.726. The van der Waals surface area contributed by atoms with Crippen molar-refractivity contribution >= 4 is 56.0 Å². The zero-order valence-electron chi connectivity index (χ0n) is 27.4. The molecule has 3 N–H and O–H groups in total. The number of rotatable bonds is 8. The van der Waals surface area contributed by atoms with Crippen LogP contribution in [0.1, 0.15) is 54.2 Å². The lowest BCUT2D eigenvalue weighted by Crippen LogP contribution is -2.48. The number of hydrogen-bond donors (Lipinski definition) is 2. The number of nitrogen functional groups attached to an aromatic ring is 1. The molecule has 0 radical (unpaired) electrons. The number of aromatic nitrogens is 4. The number of nitrogens with two attached hydrogens (primary N) is 1. The van der Waals surface area contributed by atoms with Gasteiger partial charge in [0.15, 0.2) is 33.6 Å². The Morgan fingerprint density at radius 2 is 1.63 bits per heavy atom. The van der Waals surface area contributed by atoms with Gasteiger partial charge in [0.1, 0.15) is 12.3 Å². The molecule has 1 aliphatic heterocycles. The van der Waals surface area contributed by atoms with Crippen molar-refractivity contribution in [1.29, 1.82) is 0 Å². The minimum absolute atomic E-state index is 0.0709. The molecule has 0 unspecified atom stereocenters. The van der Waals surface area contributed by atoms with Crippen LogP contribution in [-0.4, -0.2) is 55.0 Å². The van der Waals surface area contributed by atoms with Crippen LogP contribution in [-0.2, 0) is 13.6 Å². The van der Waals surface area contributed by atoms with E-state index in [9.17, 15) is 0 Å². The summed E-state index contributed by atoms with van der Waals surface area (Å²) in [5.41, 5.74) is 8.44. The molecule has 11 heteroatoms. The largest absolute Gasteiger partial charge is 0.414 e. The van der Waals surface area contributed by atoms with Gasteiger partial charge in [-0.1, -0.05) is 77.9 Å². The van der Waals surface area contributed by atoms with Gasteiger partial charge in [-0.15, -0.1) is 0 Å². The minimum Gasteiger partial charge on any atom is -0.414 e. The highest BCUT2D eigenvalue weighted by atomic mass is 28.4. The smallest absolute Gasteiger partial charge is 0.224 e. The van der Waals surface area contributed by atoms with Crippen LogP contribution in [0.5, 0.6) is 0 Å². The normalized spacial score (nSPS) is 20.3. The predicted molar refractivity (Wildman–Crippen MR) is 181 cm³/mol. The fourth-order valence-electron chi connectivity index (χ4n) is 4.90. The number of hydrogen-bond acceptors (Lipinski definition) is 8. The Bertz CT molecular complexity index is 1600. The van der Waals surface area contributed by atoms with Crippen molar-refractivity contribution in [2.24, 2.45) is 0 Å². The van der Waals surface area contributed by atoms with Crippen molar-refractivity contribution in [2.45, 2.75) is 103 Å². The number of benzene rings is 2. The van der Waals surface area contributed by atoms with E-state index in [2.05, 4.69) is 101 Å². The van der Waals surface area contributed by atoms with E-state index in [0.29, 0.717) is 30.0 Å². The molecule has 3 heterocycles. The summed E-state index contributed by atoms with van der Waals surface area (Å²) in [6, 6.07) is 14.4. The second-order valence-electron chi connectivity index (χ2n) is 14.8. The Balaban J connectivity index is 1.46. The zero-order valence-corrected chi connectivity index (χ0v) is 29.4. The van der Waals surface area contributed by atoms with E-state index in [1.54, 1.807) is 6.33 Å². The first kappa shape index (κ1) is 31.6. The first-order valence-corrected chi connectivity index (χ1v) is 21.0. The SMILES string of the molecule is CC(C)(C)[Si](C)(C)OC[C@H]1O[C@@H](n2cnc3c(Nc4cccc5ccccc45)nc(N)nc32)C[C@@H]1O[Si](C)(C)C(C)(C)C. The van der Waals surface area contributed by atoms with Crippen LogP contribution in [0.25, 0.3) is 21.9 Å². The first-order chi connectivity index (χ1) is 20.0. The standard InChI is InChI=1S/C32H48N6O3Si2/c1-31(2,3)42(7,8)39-19-25-24(41-43(9,10)32(4,5)6)18-26(40-25)38-20-34-27-28(36-30(33)37-29(27)38)35-23-17-13-15-21-14-11-12-16-22(21)23/h11-17,20,24-26H,18-19H2,1-10H3,(H3,33,35,36,37)/t24-,25+,26+/m0/s1. The van der Waals surface area contributed by atoms with Gasteiger partial charge in [-0.05, 0) is 47.7 Å². The van der Waals surface area contributed by atoms with E-state index in [0.717, 1.165) is 16.5 Å². The minimum atomic E-state index is -2.08. The van der Waals surface area contributed by atoms with Crippen molar-refractivity contribution in [2.75, 3.05) is 17.7 Å². The van der Waals surface area contributed by atoms with E-state index >= 15 is 0 Å². The molecule has 0 amide bonds. The maximum absolute atomic E-state index is 6.98. The number of nitrogens with zero attached hydrogens (tertiary/aromatic N) is 4. The highest BCUT2D eigenvalue weighted by Crippen LogP contribution is 2.43. The molecule has 5 rings (SSSR count). The average molecular weight is 621 g/mol. The monoisotopic (exact) mass is 620 g/mol. The van der Waals surface area contributed by atoms with Gasteiger partial charge in [0.05, 0.1) is 19.0 Å². The fraction of sp³-hybridized carbons (Fsp3) is 0.531. The lowest BCUT2D eigenvalue weighted by molar-refractivity contribution is -0.0383.